The highest BCUT2D eigenvalue weighted by atomic mass is 16.8. The van der Waals surface area contributed by atoms with E-state index < -0.39 is 54.4 Å². The van der Waals surface area contributed by atoms with Crippen LogP contribution in [0.2, 0.25) is 0 Å². The van der Waals surface area contributed by atoms with Gasteiger partial charge in [0.25, 0.3) is 0 Å². The Labute approximate surface area is 170 Å². The van der Waals surface area contributed by atoms with E-state index in [2.05, 4.69) is 10.5 Å². The lowest BCUT2D eigenvalue weighted by molar-refractivity contribution is -0.152. The van der Waals surface area contributed by atoms with Crippen molar-refractivity contribution < 1.29 is 38.2 Å². The Morgan fingerprint density at radius 3 is 2.57 bits per heavy atom. The molecule has 0 unspecified atom stereocenters. The zero-order valence-electron chi connectivity index (χ0n) is 16.5. The smallest absolute Gasteiger partial charge is 0.462 e. The molecule has 3 rings (SSSR count). The molecular weight excluding hydrogens is 404 g/mol. The molecule has 164 valence electrons. The number of rotatable bonds is 7. The predicted octanol–water partition coefficient (Wildman–Crippen LogP) is -0.539. The lowest BCUT2D eigenvalue weighted by Crippen LogP contribution is -2.36. The fourth-order valence-corrected chi connectivity index (χ4v) is 2.76. The quantitative estimate of drug-likeness (QED) is 0.325. The largest absolute Gasteiger partial charge is 0.509 e. The van der Waals surface area contributed by atoms with Crippen LogP contribution in [0, 0.1) is 5.92 Å². The first-order chi connectivity index (χ1) is 14.2. The molecule has 2 fully saturated rings. The lowest BCUT2D eigenvalue weighted by Gasteiger charge is -2.18. The summed E-state index contributed by atoms with van der Waals surface area (Å²) in [6.07, 6.45) is -3.38. The molecule has 5 atom stereocenters. The maximum atomic E-state index is 12.4. The molecule has 0 saturated carbocycles. The number of nitrogens with two attached hydrogens (primary N) is 1. The Morgan fingerprint density at radius 2 is 1.93 bits per heavy atom. The number of carbonyl (C=O) groups is 3. The van der Waals surface area contributed by atoms with Crippen molar-refractivity contribution in [2.24, 2.45) is 11.7 Å². The maximum Gasteiger partial charge on any atom is 0.509 e. The maximum absolute atomic E-state index is 12.4. The molecule has 2 aliphatic rings. The zero-order chi connectivity index (χ0) is 22.0. The van der Waals surface area contributed by atoms with Gasteiger partial charge >= 0.3 is 23.8 Å². The molecule has 2 aliphatic heterocycles. The van der Waals surface area contributed by atoms with Gasteiger partial charge in [0, 0.05) is 12.3 Å². The molecule has 0 aromatic carbocycles. The molecule has 3 heterocycles. The van der Waals surface area contributed by atoms with E-state index in [0.717, 1.165) is 4.57 Å². The number of ether oxygens (including phenoxy) is 4. The van der Waals surface area contributed by atoms with Gasteiger partial charge in [-0.25, -0.2) is 19.9 Å². The van der Waals surface area contributed by atoms with Crippen LogP contribution in [0.5, 0.6) is 0 Å². The number of anilines is 1. The number of aromatic nitrogens is 2. The van der Waals surface area contributed by atoms with Crippen LogP contribution in [0.1, 0.15) is 27.0 Å². The Morgan fingerprint density at radius 1 is 1.23 bits per heavy atom. The summed E-state index contributed by atoms with van der Waals surface area (Å²) in [5.41, 5.74) is 6.98. The molecular formula is C17H22N4O9. The average molecular weight is 426 g/mol. The highest BCUT2D eigenvalue weighted by Crippen LogP contribution is 2.37. The second kappa shape index (κ2) is 8.67. The zero-order valence-corrected chi connectivity index (χ0v) is 16.5. The first-order valence-corrected chi connectivity index (χ1v) is 9.18. The van der Waals surface area contributed by atoms with Gasteiger partial charge < -0.3 is 29.5 Å². The third kappa shape index (κ3) is 4.52. The molecule has 0 radical (unpaired) electrons. The van der Waals surface area contributed by atoms with Gasteiger partial charge in [-0.15, -0.1) is 0 Å². The van der Waals surface area contributed by atoms with Crippen LogP contribution in [-0.4, -0.2) is 58.6 Å². The van der Waals surface area contributed by atoms with Gasteiger partial charge in [0.15, 0.2) is 24.3 Å². The third-order valence-electron chi connectivity index (χ3n) is 4.34. The fourth-order valence-electron chi connectivity index (χ4n) is 2.76. The molecule has 13 heteroatoms. The van der Waals surface area contributed by atoms with Gasteiger partial charge in [-0.2, -0.15) is 4.98 Å². The summed E-state index contributed by atoms with van der Waals surface area (Å²) in [5.74, 6) is -1.55. The predicted molar refractivity (Wildman–Crippen MR) is 96.7 cm³/mol. The number of hydrogen-bond acceptors (Lipinski definition) is 12. The van der Waals surface area contributed by atoms with Crippen molar-refractivity contribution in [3.8, 4) is 0 Å². The highest BCUT2D eigenvalue weighted by molar-refractivity contribution is 5.75. The fraction of sp³-hybridized carbons (Fsp3) is 0.588. The van der Waals surface area contributed by atoms with Gasteiger partial charge in [0.2, 0.25) is 0 Å². The van der Waals surface area contributed by atoms with Gasteiger partial charge in [0.1, 0.15) is 18.8 Å². The van der Waals surface area contributed by atoms with E-state index in [1.165, 1.54) is 19.2 Å². The van der Waals surface area contributed by atoms with Crippen LogP contribution in [0.3, 0.4) is 0 Å². The second-order valence-corrected chi connectivity index (χ2v) is 7.08. The number of fused-ring (bicyclic) bond motifs is 1. The summed E-state index contributed by atoms with van der Waals surface area (Å²) in [5, 5.41) is 0. The molecule has 1 aromatic rings. The number of nitrogens with one attached hydrogen (secondary N) is 1. The van der Waals surface area contributed by atoms with Crippen LogP contribution in [0.4, 0.5) is 10.6 Å². The second-order valence-electron chi connectivity index (χ2n) is 7.08. The number of esters is 1. The average Bonchev–Trinajstić information content (AvgIpc) is 3.21. The number of nitrogens with zero attached hydrogens (tertiary/aromatic N) is 2. The normalized spacial score (nSPS) is 25.8. The van der Waals surface area contributed by atoms with Crippen molar-refractivity contribution in [2.45, 2.75) is 51.4 Å². The van der Waals surface area contributed by atoms with Gasteiger partial charge in [-0.3, -0.25) is 9.36 Å². The highest BCUT2D eigenvalue weighted by Gasteiger charge is 2.55. The lowest BCUT2D eigenvalue weighted by atomic mass is 10.1. The van der Waals surface area contributed by atoms with Crippen molar-refractivity contribution in [3.63, 3.8) is 0 Å². The molecule has 0 bridgehead atoms. The summed E-state index contributed by atoms with van der Waals surface area (Å²) in [6, 6.07) is 0.533. The molecule has 1 aromatic heterocycles. The molecule has 13 nitrogen and oxygen atoms in total. The summed E-state index contributed by atoms with van der Waals surface area (Å²) >= 11 is 0. The number of carbonyl (C=O) groups excluding carboxylic acids is 3. The first-order valence-electron chi connectivity index (χ1n) is 9.18. The summed E-state index contributed by atoms with van der Waals surface area (Å²) in [7, 11) is 0. The Bertz CT molecular complexity index is 884. The third-order valence-corrected chi connectivity index (χ3v) is 4.34. The minimum absolute atomic E-state index is 0.00174. The standard InChI is InChI=1S/C17H22N4O9/c1-7(2)14(22)30-20-10-4-5-21(16(24)19-10)13-12-11(28-17(25)29-12)9(27-13)6-26-15(23)8(3)18/h4-5,7-9,11-13H,6,18H2,1-3H3,(H,19,20,24)/t8-,9-,11-,12-,13-/m1/s1. The van der Waals surface area contributed by atoms with Gasteiger partial charge in [-0.05, 0) is 6.92 Å². The summed E-state index contributed by atoms with van der Waals surface area (Å²) in [4.78, 5) is 55.7. The Hall–Kier alpha value is -3.19. The molecule has 3 N–H and O–H groups in total. The Balaban J connectivity index is 1.73. The monoisotopic (exact) mass is 426 g/mol. The first kappa shape index (κ1) is 21.5. The van der Waals surface area contributed by atoms with Crippen molar-refractivity contribution in [3.05, 3.63) is 22.7 Å². The van der Waals surface area contributed by atoms with Crippen LogP contribution < -0.4 is 16.9 Å². The summed E-state index contributed by atoms with van der Waals surface area (Å²) < 4.78 is 22.0. The van der Waals surface area contributed by atoms with Gasteiger partial charge in [-0.1, -0.05) is 13.8 Å². The minimum Gasteiger partial charge on any atom is -0.462 e. The minimum atomic E-state index is -1.06. The molecule has 0 aliphatic carbocycles. The van der Waals surface area contributed by atoms with E-state index >= 15 is 0 Å². The van der Waals surface area contributed by atoms with Crippen LogP contribution in [-0.2, 0) is 33.4 Å². The molecule has 0 spiro atoms. The van der Waals surface area contributed by atoms with E-state index in [1.807, 2.05) is 0 Å². The van der Waals surface area contributed by atoms with Crippen molar-refractivity contribution >= 4 is 23.9 Å². The molecule has 0 amide bonds. The van der Waals surface area contributed by atoms with Crippen LogP contribution in [0.15, 0.2) is 17.1 Å². The molecule has 30 heavy (non-hydrogen) atoms. The van der Waals surface area contributed by atoms with E-state index in [-0.39, 0.29) is 18.3 Å². The van der Waals surface area contributed by atoms with Crippen LogP contribution in [0.25, 0.3) is 0 Å². The van der Waals surface area contributed by atoms with Gasteiger partial charge in [0.05, 0.1) is 5.92 Å². The van der Waals surface area contributed by atoms with Crippen molar-refractivity contribution in [2.75, 3.05) is 12.1 Å². The Kier molecular flexibility index (Phi) is 6.22. The van der Waals surface area contributed by atoms with E-state index in [9.17, 15) is 19.2 Å². The number of hydrogen-bond donors (Lipinski definition) is 2. The van der Waals surface area contributed by atoms with Crippen molar-refractivity contribution in [1.82, 2.24) is 9.55 Å². The van der Waals surface area contributed by atoms with Crippen molar-refractivity contribution in [1.29, 1.82) is 0 Å². The topological polar surface area (TPSA) is 170 Å². The van der Waals surface area contributed by atoms with Crippen LogP contribution >= 0.6 is 0 Å². The summed E-state index contributed by atoms with van der Waals surface area (Å²) in [6.45, 7) is 4.51. The van der Waals surface area contributed by atoms with E-state index in [1.54, 1.807) is 13.8 Å². The molecule has 2 saturated heterocycles. The van der Waals surface area contributed by atoms with E-state index in [0.29, 0.717) is 0 Å². The van der Waals surface area contributed by atoms with E-state index in [4.69, 9.17) is 29.5 Å². The SMILES string of the molecule is CC(C)C(=O)ONc1ccn([C@@H]2O[C@H](COC(=O)[C@@H](C)N)[C@H]3OC(=O)O[C@H]32)c(=O)n1.